The van der Waals surface area contributed by atoms with Crippen LogP contribution >= 0.6 is 0 Å². The third kappa shape index (κ3) is 4.00. The minimum atomic E-state index is -0.557. The van der Waals surface area contributed by atoms with E-state index in [4.69, 9.17) is 14.2 Å². The first-order valence-electron chi connectivity index (χ1n) is 4.98. The summed E-state index contributed by atoms with van der Waals surface area (Å²) in [6.45, 7) is 1.97. The highest BCUT2D eigenvalue weighted by molar-refractivity contribution is 5.72. The lowest BCUT2D eigenvalue weighted by Gasteiger charge is -2.12. The molecule has 16 heavy (non-hydrogen) atoms. The van der Waals surface area contributed by atoms with Gasteiger partial charge in [0.2, 0.25) is 0 Å². The summed E-state index contributed by atoms with van der Waals surface area (Å²) in [5.41, 5.74) is 1.12. The molecule has 0 fully saturated rings. The van der Waals surface area contributed by atoms with Crippen LogP contribution < -0.4 is 4.74 Å². The molecule has 0 N–H and O–H groups in total. The fourth-order valence-electron chi connectivity index (χ4n) is 1.18. The lowest BCUT2D eigenvalue weighted by Crippen LogP contribution is -2.21. The van der Waals surface area contributed by atoms with Crippen LogP contribution in [0.25, 0.3) is 0 Å². The van der Waals surface area contributed by atoms with E-state index in [1.165, 1.54) is 14.2 Å². The van der Waals surface area contributed by atoms with Gasteiger partial charge < -0.3 is 14.2 Å². The topological polar surface area (TPSA) is 44.8 Å². The molecule has 4 nitrogen and oxygen atoms in total. The average molecular weight is 224 g/mol. The molecular weight excluding hydrogens is 208 g/mol. The van der Waals surface area contributed by atoms with Crippen LogP contribution in [0.1, 0.15) is 12.0 Å². The first-order chi connectivity index (χ1) is 7.65. The van der Waals surface area contributed by atoms with Crippen LogP contribution in [0, 0.1) is 6.92 Å². The van der Waals surface area contributed by atoms with Gasteiger partial charge >= 0.3 is 5.97 Å². The number of hydrogen-bond donors (Lipinski definition) is 0. The molecule has 1 aromatic carbocycles. The highest BCUT2D eigenvalue weighted by Gasteiger charge is 2.13. The SMILES string of the molecule is COC(CC(=O)Oc1ccc(C)cc1)OC. The van der Waals surface area contributed by atoms with Crippen molar-refractivity contribution >= 4 is 5.97 Å². The summed E-state index contributed by atoms with van der Waals surface area (Å²) >= 11 is 0. The van der Waals surface area contributed by atoms with Crippen molar-refractivity contribution < 1.29 is 19.0 Å². The molecule has 0 bridgehead atoms. The van der Waals surface area contributed by atoms with Gasteiger partial charge in [-0.25, -0.2) is 0 Å². The number of carbonyl (C=O) groups is 1. The Hall–Kier alpha value is -1.39. The quantitative estimate of drug-likeness (QED) is 0.435. The van der Waals surface area contributed by atoms with Crippen LogP contribution in [0.4, 0.5) is 0 Å². The number of hydrogen-bond acceptors (Lipinski definition) is 4. The zero-order valence-corrected chi connectivity index (χ0v) is 9.73. The third-order valence-electron chi connectivity index (χ3n) is 2.11. The van der Waals surface area contributed by atoms with E-state index in [1.54, 1.807) is 12.1 Å². The van der Waals surface area contributed by atoms with E-state index in [9.17, 15) is 4.79 Å². The molecular formula is C12H16O4. The number of methoxy groups -OCH3 is 2. The van der Waals surface area contributed by atoms with Gasteiger partial charge in [-0.3, -0.25) is 4.79 Å². The first kappa shape index (κ1) is 12.7. The van der Waals surface area contributed by atoms with Gasteiger partial charge in [-0.15, -0.1) is 0 Å². The molecule has 0 aliphatic carbocycles. The number of carbonyl (C=O) groups excluding carboxylic acids is 1. The zero-order chi connectivity index (χ0) is 12.0. The van der Waals surface area contributed by atoms with Crippen molar-refractivity contribution in [3.63, 3.8) is 0 Å². The van der Waals surface area contributed by atoms with Gasteiger partial charge in [0, 0.05) is 14.2 Å². The zero-order valence-electron chi connectivity index (χ0n) is 9.73. The van der Waals surface area contributed by atoms with E-state index in [-0.39, 0.29) is 12.4 Å². The highest BCUT2D eigenvalue weighted by Crippen LogP contribution is 2.12. The maximum atomic E-state index is 11.4. The van der Waals surface area contributed by atoms with Gasteiger partial charge in [-0.05, 0) is 19.1 Å². The van der Waals surface area contributed by atoms with Crippen LogP contribution in [0.2, 0.25) is 0 Å². The Morgan fingerprint density at radius 3 is 2.25 bits per heavy atom. The van der Waals surface area contributed by atoms with Gasteiger partial charge in [-0.1, -0.05) is 17.7 Å². The average Bonchev–Trinajstić information content (AvgIpc) is 2.29. The van der Waals surface area contributed by atoms with Crippen molar-refractivity contribution in [2.24, 2.45) is 0 Å². The maximum Gasteiger partial charge on any atom is 0.316 e. The molecule has 0 aliphatic rings. The van der Waals surface area contributed by atoms with Crippen LogP contribution in [0.3, 0.4) is 0 Å². The number of ether oxygens (including phenoxy) is 3. The fraction of sp³-hybridized carbons (Fsp3) is 0.417. The van der Waals surface area contributed by atoms with E-state index >= 15 is 0 Å². The molecule has 88 valence electrons. The summed E-state index contributed by atoms with van der Waals surface area (Å²) in [6.07, 6.45) is -0.487. The Labute approximate surface area is 95.1 Å². The number of esters is 1. The molecule has 0 spiro atoms. The molecule has 0 saturated carbocycles. The molecule has 0 aromatic heterocycles. The van der Waals surface area contributed by atoms with Gasteiger partial charge in [0.15, 0.2) is 6.29 Å². The number of aryl methyl sites for hydroxylation is 1. The van der Waals surface area contributed by atoms with Crippen molar-refractivity contribution in [1.29, 1.82) is 0 Å². The molecule has 0 heterocycles. The standard InChI is InChI=1S/C12H16O4/c1-9-4-6-10(7-5-9)16-11(13)8-12(14-2)15-3/h4-7,12H,8H2,1-3H3. The van der Waals surface area contributed by atoms with Crippen molar-refractivity contribution in [3.05, 3.63) is 29.8 Å². The predicted octanol–water partition coefficient (Wildman–Crippen LogP) is 1.91. The molecule has 0 unspecified atom stereocenters. The second-order valence-corrected chi connectivity index (χ2v) is 3.39. The van der Waals surface area contributed by atoms with E-state index in [0.717, 1.165) is 5.56 Å². The van der Waals surface area contributed by atoms with Gasteiger partial charge in [0.05, 0.1) is 6.42 Å². The Balaban J connectivity index is 2.48. The molecule has 0 atom stereocenters. The summed E-state index contributed by atoms with van der Waals surface area (Å²) in [6, 6.07) is 7.27. The van der Waals surface area contributed by atoms with Crippen molar-refractivity contribution in [2.75, 3.05) is 14.2 Å². The number of rotatable bonds is 5. The van der Waals surface area contributed by atoms with Crippen molar-refractivity contribution in [2.45, 2.75) is 19.6 Å². The van der Waals surface area contributed by atoms with Crippen molar-refractivity contribution in [1.82, 2.24) is 0 Å². The van der Waals surface area contributed by atoms with Crippen LogP contribution in [-0.2, 0) is 14.3 Å². The molecule has 4 heteroatoms. The summed E-state index contributed by atoms with van der Waals surface area (Å²) in [7, 11) is 2.96. The van der Waals surface area contributed by atoms with E-state index in [1.807, 2.05) is 19.1 Å². The minimum Gasteiger partial charge on any atom is -0.426 e. The summed E-state index contributed by atoms with van der Waals surface area (Å²) in [5, 5.41) is 0. The molecule has 0 radical (unpaired) electrons. The van der Waals surface area contributed by atoms with Crippen LogP contribution in [0.15, 0.2) is 24.3 Å². The predicted molar refractivity (Wildman–Crippen MR) is 59.2 cm³/mol. The van der Waals surface area contributed by atoms with Gasteiger partial charge in [0.1, 0.15) is 5.75 Å². The third-order valence-corrected chi connectivity index (χ3v) is 2.11. The van der Waals surface area contributed by atoms with E-state index < -0.39 is 6.29 Å². The lowest BCUT2D eigenvalue weighted by molar-refractivity contribution is -0.151. The molecule has 0 saturated heterocycles. The van der Waals surface area contributed by atoms with Gasteiger partial charge in [-0.2, -0.15) is 0 Å². The minimum absolute atomic E-state index is 0.0703. The van der Waals surface area contributed by atoms with Gasteiger partial charge in [0.25, 0.3) is 0 Å². The Morgan fingerprint density at radius 1 is 1.19 bits per heavy atom. The maximum absolute atomic E-state index is 11.4. The Morgan fingerprint density at radius 2 is 1.75 bits per heavy atom. The van der Waals surface area contributed by atoms with Crippen LogP contribution in [-0.4, -0.2) is 26.5 Å². The second-order valence-electron chi connectivity index (χ2n) is 3.39. The van der Waals surface area contributed by atoms with Crippen molar-refractivity contribution in [3.8, 4) is 5.75 Å². The molecule has 1 rings (SSSR count). The Kier molecular flexibility index (Phi) is 4.95. The summed E-state index contributed by atoms with van der Waals surface area (Å²) in [4.78, 5) is 11.4. The highest BCUT2D eigenvalue weighted by atomic mass is 16.7. The number of benzene rings is 1. The Bertz CT molecular complexity index is 327. The fourth-order valence-corrected chi connectivity index (χ4v) is 1.18. The second kappa shape index (κ2) is 6.25. The monoisotopic (exact) mass is 224 g/mol. The lowest BCUT2D eigenvalue weighted by atomic mass is 10.2. The summed E-state index contributed by atoms with van der Waals surface area (Å²) in [5.74, 6) is 0.152. The molecule has 1 aromatic rings. The normalized spacial score (nSPS) is 10.5. The van der Waals surface area contributed by atoms with E-state index in [2.05, 4.69) is 0 Å². The summed E-state index contributed by atoms with van der Waals surface area (Å²) < 4.78 is 14.9. The first-order valence-corrected chi connectivity index (χ1v) is 4.98. The molecule has 0 aliphatic heterocycles. The van der Waals surface area contributed by atoms with E-state index in [0.29, 0.717) is 5.75 Å². The van der Waals surface area contributed by atoms with Crippen LogP contribution in [0.5, 0.6) is 5.75 Å². The largest absolute Gasteiger partial charge is 0.426 e. The molecule has 0 amide bonds. The smallest absolute Gasteiger partial charge is 0.316 e.